The summed E-state index contributed by atoms with van der Waals surface area (Å²) in [6.07, 6.45) is 8.38. The summed E-state index contributed by atoms with van der Waals surface area (Å²) in [4.78, 5) is 19.2. The number of halogens is 1. The van der Waals surface area contributed by atoms with E-state index < -0.39 is 0 Å². The van der Waals surface area contributed by atoms with E-state index in [0.717, 1.165) is 30.6 Å². The molecule has 0 saturated heterocycles. The van der Waals surface area contributed by atoms with Crippen LogP contribution in [0, 0.1) is 5.82 Å². The van der Waals surface area contributed by atoms with Crippen LogP contribution in [-0.2, 0) is 5.41 Å². The summed E-state index contributed by atoms with van der Waals surface area (Å²) in [7, 11) is 0. The van der Waals surface area contributed by atoms with E-state index in [0.29, 0.717) is 17.8 Å². The van der Waals surface area contributed by atoms with Gasteiger partial charge < -0.3 is 9.47 Å². The summed E-state index contributed by atoms with van der Waals surface area (Å²) in [5.41, 5.74) is 1.75. The van der Waals surface area contributed by atoms with Gasteiger partial charge in [-0.2, -0.15) is 0 Å². The van der Waals surface area contributed by atoms with Gasteiger partial charge in [0.05, 0.1) is 11.3 Å². The molecule has 1 aliphatic heterocycles. The monoisotopic (exact) mass is 347 g/mol. The number of aromatic nitrogens is 2. The molecule has 3 aromatic rings. The number of carbonyl (C=O) groups is 1. The fourth-order valence-electron chi connectivity index (χ4n) is 4.23. The molecule has 0 radical (unpaired) electrons. The van der Waals surface area contributed by atoms with E-state index in [4.69, 9.17) is 0 Å². The maximum absolute atomic E-state index is 14.5. The van der Waals surface area contributed by atoms with Crippen molar-refractivity contribution in [2.24, 2.45) is 0 Å². The maximum Gasteiger partial charge on any atom is 0.259 e. The third kappa shape index (κ3) is 2.13. The van der Waals surface area contributed by atoms with Gasteiger partial charge in [-0.05, 0) is 49.2 Å². The normalized spacial score (nSPS) is 17.2. The molecule has 0 N–H and O–H groups in total. The Hall–Kier alpha value is -2.95. The van der Waals surface area contributed by atoms with Gasteiger partial charge in [-0.15, -0.1) is 0 Å². The van der Waals surface area contributed by atoms with Crippen molar-refractivity contribution in [1.82, 2.24) is 9.55 Å². The Morgan fingerprint density at radius 3 is 2.54 bits per heavy atom. The van der Waals surface area contributed by atoms with Crippen LogP contribution >= 0.6 is 0 Å². The molecule has 26 heavy (non-hydrogen) atoms. The van der Waals surface area contributed by atoms with Crippen molar-refractivity contribution in [2.45, 2.75) is 24.7 Å². The number of rotatable bonds is 2. The lowest BCUT2D eigenvalue weighted by Crippen LogP contribution is -2.41. The number of hydrogen-bond donors (Lipinski definition) is 0. The molecular formula is C21H18FN3O. The van der Waals surface area contributed by atoms with E-state index in [-0.39, 0.29) is 17.1 Å². The van der Waals surface area contributed by atoms with Gasteiger partial charge in [-0.1, -0.05) is 12.5 Å². The zero-order chi connectivity index (χ0) is 17.7. The van der Waals surface area contributed by atoms with Gasteiger partial charge in [0.1, 0.15) is 11.6 Å². The van der Waals surface area contributed by atoms with Crippen molar-refractivity contribution in [3.63, 3.8) is 0 Å². The predicted octanol–water partition coefficient (Wildman–Crippen LogP) is 4.09. The Kier molecular flexibility index (Phi) is 3.26. The molecule has 1 amide bonds. The number of hydrogen-bond acceptors (Lipinski definition) is 2. The highest BCUT2D eigenvalue weighted by molar-refractivity contribution is 6.07. The van der Waals surface area contributed by atoms with E-state index in [1.165, 1.54) is 6.07 Å². The highest BCUT2D eigenvalue weighted by atomic mass is 19.1. The number of anilines is 1. The van der Waals surface area contributed by atoms with Crippen LogP contribution in [-0.4, -0.2) is 22.0 Å². The Labute approximate surface area is 150 Å². The van der Waals surface area contributed by atoms with Gasteiger partial charge in [0.2, 0.25) is 0 Å². The molecule has 4 nitrogen and oxygen atoms in total. The number of nitrogens with zero attached hydrogens (tertiary/aromatic N) is 3. The molecule has 2 aliphatic rings. The summed E-state index contributed by atoms with van der Waals surface area (Å²) < 4.78 is 16.4. The van der Waals surface area contributed by atoms with Crippen LogP contribution < -0.4 is 4.90 Å². The molecule has 5 heteroatoms. The van der Waals surface area contributed by atoms with Crippen molar-refractivity contribution in [2.75, 3.05) is 11.4 Å². The predicted molar refractivity (Wildman–Crippen MR) is 97.2 cm³/mol. The lowest BCUT2D eigenvalue weighted by atomic mass is 9.65. The van der Waals surface area contributed by atoms with Gasteiger partial charge in [0.25, 0.3) is 5.91 Å². The molecule has 1 spiro atoms. The Balaban J connectivity index is 1.49. The highest BCUT2D eigenvalue weighted by Crippen LogP contribution is 2.53. The summed E-state index contributed by atoms with van der Waals surface area (Å²) in [5, 5.41) is 0. The quantitative estimate of drug-likeness (QED) is 0.700. The molecule has 3 heterocycles. The van der Waals surface area contributed by atoms with E-state index >= 15 is 0 Å². The Bertz CT molecular complexity index is 975. The van der Waals surface area contributed by atoms with Crippen molar-refractivity contribution in [1.29, 1.82) is 0 Å². The van der Waals surface area contributed by atoms with Gasteiger partial charge in [-0.25, -0.2) is 9.37 Å². The van der Waals surface area contributed by atoms with Crippen LogP contribution in [0.25, 0.3) is 5.82 Å². The van der Waals surface area contributed by atoms with Crippen LogP contribution in [0.5, 0.6) is 0 Å². The maximum atomic E-state index is 14.5. The van der Waals surface area contributed by atoms with Crippen LogP contribution in [0.3, 0.4) is 0 Å². The Morgan fingerprint density at radius 1 is 1.08 bits per heavy atom. The molecule has 5 rings (SSSR count). The number of carbonyl (C=O) groups excluding carboxylic acids is 1. The summed E-state index contributed by atoms with van der Waals surface area (Å²) in [6.45, 7) is 0.557. The molecule has 2 aromatic heterocycles. The molecule has 130 valence electrons. The van der Waals surface area contributed by atoms with Gasteiger partial charge in [0.15, 0.2) is 0 Å². The first-order valence-corrected chi connectivity index (χ1v) is 8.88. The largest absolute Gasteiger partial charge is 0.309 e. The van der Waals surface area contributed by atoms with Crippen LogP contribution in [0.4, 0.5) is 10.1 Å². The summed E-state index contributed by atoms with van der Waals surface area (Å²) in [5.74, 6) is 0.445. The SMILES string of the molecule is O=C(c1ccc(-n2cccc2)nc1)N1CC2(CCC2)c2c(F)cccc21. The van der Waals surface area contributed by atoms with Crippen LogP contribution in [0.2, 0.25) is 0 Å². The van der Waals surface area contributed by atoms with E-state index in [1.807, 2.05) is 41.2 Å². The van der Waals surface area contributed by atoms with Gasteiger partial charge >= 0.3 is 0 Å². The molecular weight excluding hydrogens is 329 g/mol. The number of benzene rings is 1. The summed E-state index contributed by atoms with van der Waals surface area (Å²) in [6, 6.07) is 12.5. The Morgan fingerprint density at radius 2 is 1.88 bits per heavy atom. The van der Waals surface area contributed by atoms with Crippen LogP contribution in [0.1, 0.15) is 35.2 Å². The third-order valence-corrected chi connectivity index (χ3v) is 5.69. The molecule has 1 fully saturated rings. The van der Waals surface area contributed by atoms with Gasteiger partial charge in [0, 0.05) is 36.1 Å². The standard InChI is InChI=1S/C21H18FN3O/c22-16-5-3-6-17-19(16)21(9-4-10-21)14-25(17)20(26)15-7-8-18(23-13-15)24-11-1-2-12-24/h1-3,5-8,11-13H,4,9-10,14H2. The molecule has 1 aliphatic carbocycles. The third-order valence-electron chi connectivity index (χ3n) is 5.69. The first kappa shape index (κ1) is 15.3. The number of fused-ring (bicyclic) bond motifs is 2. The fourth-order valence-corrected chi connectivity index (χ4v) is 4.23. The average molecular weight is 347 g/mol. The van der Waals surface area contributed by atoms with Crippen molar-refractivity contribution in [3.05, 3.63) is 78.0 Å². The zero-order valence-corrected chi connectivity index (χ0v) is 14.2. The van der Waals surface area contributed by atoms with E-state index in [9.17, 15) is 9.18 Å². The minimum absolute atomic E-state index is 0.118. The van der Waals surface area contributed by atoms with Gasteiger partial charge in [-0.3, -0.25) is 4.79 Å². The van der Waals surface area contributed by atoms with E-state index in [1.54, 1.807) is 23.2 Å². The number of pyridine rings is 1. The first-order chi connectivity index (χ1) is 12.7. The lowest BCUT2D eigenvalue weighted by molar-refractivity contribution is 0.0978. The second kappa shape index (κ2) is 5.53. The minimum atomic E-state index is -0.200. The van der Waals surface area contributed by atoms with E-state index in [2.05, 4.69) is 4.98 Å². The molecule has 0 unspecified atom stereocenters. The smallest absolute Gasteiger partial charge is 0.259 e. The fraction of sp³-hybridized carbons (Fsp3) is 0.238. The molecule has 0 bridgehead atoms. The van der Waals surface area contributed by atoms with Crippen LogP contribution in [0.15, 0.2) is 61.1 Å². The molecule has 1 aromatic carbocycles. The zero-order valence-electron chi connectivity index (χ0n) is 14.2. The second-order valence-electron chi connectivity index (χ2n) is 7.15. The highest BCUT2D eigenvalue weighted by Gasteiger charge is 2.50. The van der Waals surface area contributed by atoms with Crippen molar-refractivity contribution in [3.8, 4) is 5.82 Å². The summed E-state index contributed by atoms with van der Waals surface area (Å²) >= 11 is 0. The lowest BCUT2D eigenvalue weighted by Gasteiger charge is -2.39. The first-order valence-electron chi connectivity index (χ1n) is 8.88. The topological polar surface area (TPSA) is 38.1 Å². The molecule has 1 saturated carbocycles. The average Bonchev–Trinajstić information content (AvgIpc) is 3.28. The number of amides is 1. The minimum Gasteiger partial charge on any atom is -0.309 e. The van der Waals surface area contributed by atoms with Crippen molar-refractivity contribution < 1.29 is 9.18 Å². The molecule has 0 atom stereocenters. The van der Waals surface area contributed by atoms with Crippen molar-refractivity contribution >= 4 is 11.6 Å². The second-order valence-corrected chi connectivity index (χ2v) is 7.15.